The monoisotopic (exact) mass is 286 g/mol. The molecule has 0 spiro atoms. The fourth-order valence-electron chi connectivity index (χ4n) is 2.38. The minimum atomic E-state index is -0.499. The van der Waals surface area contributed by atoms with Crippen molar-refractivity contribution < 1.29 is 4.79 Å². The molecule has 0 aliphatic rings. The standard InChI is InChI=1S/C16H22N4O/c1-3-16(4-2,11-17)15(21)20-13-7-5-6-12(10-13)14-18-8-9-19-14/h5-10H,3-4,11,17H2,1-2H3,(H,18,19)(H,20,21). The summed E-state index contributed by atoms with van der Waals surface area (Å²) in [5.74, 6) is 0.758. The Balaban J connectivity index is 2.20. The molecule has 4 N–H and O–H groups in total. The number of anilines is 1. The van der Waals surface area contributed by atoms with Crippen LogP contribution in [0.4, 0.5) is 5.69 Å². The summed E-state index contributed by atoms with van der Waals surface area (Å²) in [6, 6.07) is 7.63. The molecule has 1 amide bonds. The molecule has 5 heteroatoms. The molecule has 1 aromatic carbocycles. The number of benzene rings is 1. The van der Waals surface area contributed by atoms with Gasteiger partial charge in [-0.1, -0.05) is 26.0 Å². The maximum absolute atomic E-state index is 12.5. The zero-order valence-corrected chi connectivity index (χ0v) is 12.5. The summed E-state index contributed by atoms with van der Waals surface area (Å²) in [5, 5.41) is 2.98. The van der Waals surface area contributed by atoms with Crippen LogP contribution in [0.3, 0.4) is 0 Å². The Morgan fingerprint density at radius 3 is 2.71 bits per heavy atom. The van der Waals surface area contributed by atoms with Gasteiger partial charge in [-0.05, 0) is 25.0 Å². The van der Waals surface area contributed by atoms with Gasteiger partial charge in [-0.3, -0.25) is 4.79 Å². The molecular formula is C16H22N4O. The highest BCUT2D eigenvalue weighted by Gasteiger charge is 2.33. The molecule has 0 unspecified atom stereocenters. The summed E-state index contributed by atoms with van der Waals surface area (Å²) >= 11 is 0. The molecule has 0 fully saturated rings. The number of H-pyrrole nitrogens is 1. The highest BCUT2D eigenvalue weighted by Crippen LogP contribution is 2.27. The highest BCUT2D eigenvalue weighted by molar-refractivity contribution is 5.95. The molecule has 2 rings (SSSR count). The van der Waals surface area contributed by atoms with Crippen LogP contribution in [0.5, 0.6) is 0 Å². The van der Waals surface area contributed by atoms with Crippen molar-refractivity contribution in [2.45, 2.75) is 26.7 Å². The van der Waals surface area contributed by atoms with Gasteiger partial charge in [0.25, 0.3) is 0 Å². The molecule has 0 aliphatic heterocycles. The van der Waals surface area contributed by atoms with Crippen molar-refractivity contribution in [2.75, 3.05) is 11.9 Å². The van der Waals surface area contributed by atoms with Crippen LogP contribution < -0.4 is 11.1 Å². The second-order valence-electron chi connectivity index (χ2n) is 5.16. The van der Waals surface area contributed by atoms with E-state index < -0.39 is 5.41 Å². The lowest BCUT2D eigenvalue weighted by atomic mass is 9.81. The van der Waals surface area contributed by atoms with Crippen molar-refractivity contribution in [1.29, 1.82) is 0 Å². The number of rotatable bonds is 6. The van der Waals surface area contributed by atoms with E-state index in [4.69, 9.17) is 5.73 Å². The predicted octanol–water partition coefficient (Wildman–Crippen LogP) is 2.78. The smallest absolute Gasteiger partial charge is 0.231 e. The first-order valence-electron chi connectivity index (χ1n) is 7.26. The van der Waals surface area contributed by atoms with Crippen molar-refractivity contribution in [3.63, 3.8) is 0 Å². The first-order chi connectivity index (χ1) is 10.1. The van der Waals surface area contributed by atoms with E-state index in [1.807, 2.05) is 38.1 Å². The Kier molecular flexibility index (Phi) is 4.75. The Labute approximate surface area is 125 Å². The summed E-state index contributed by atoms with van der Waals surface area (Å²) in [5.41, 5.74) is 7.01. The zero-order chi connectivity index (χ0) is 15.3. The number of nitrogens with zero attached hydrogens (tertiary/aromatic N) is 1. The van der Waals surface area contributed by atoms with E-state index in [0.717, 1.165) is 29.9 Å². The van der Waals surface area contributed by atoms with Crippen LogP contribution in [-0.2, 0) is 4.79 Å². The molecule has 1 aromatic heterocycles. The molecule has 0 bridgehead atoms. The van der Waals surface area contributed by atoms with E-state index in [2.05, 4.69) is 15.3 Å². The van der Waals surface area contributed by atoms with Gasteiger partial charge in [0.05, 0.1) is 5.41 Å². The average molecular weight is 286 g/mol. The second kappa shape index (κ2) is 6.54. The minimum Gasteiger partial charge on any atom is -0.345 e. The fourth-order valence-corrected chi connectivity index (χ4v) is 2.38. The van der Waals surface area contributed by atoms with Gasteiger partial charge in [-0.25, -0.2) is 4.98 Å². The lowest BCUT2D eigenvalue weighted by Crippen LogP contribution is -2.41. The molecule has 0 saturated carbocycles. The number of aromatic nitrogens is 2. The average Bonchev–Trinajstić information content (AvgIpc) is 3.04. The van der Waals surface area contributed by atoms with Gasteiger partial charge in [-0.2, -0.15) is 0 Å². The first kappa shape index (κ1) is 15.3. The summed E-state index contributed by atoms with van der Waals surface area (Å²) in [6.07, 6.45) is 4.93. The Morgan fingerprint density at radius 2 is 2.14 bits per heavy atom. The van der Waals surface area contributed by atoms with Crippen molar-refractivity contribution in [1.82, 2.24) is 9.97 Å². The number of carbonyl (C=O) groups excluding carboxylic acids is 1. The first-order valence-corrected chi connectivity index (χ1v) is 7.26. The second-order valence-corrected chi connectivity index (χ2v) is 5.16. The van der Waals surface area contributed by atoms with Gasteiger partial charge in [0.15, 0.2) is 0 Å². The van der Waals surface area contributed by atoms with Crippen LogP contribution in [0.25, 0.3) is 11.4 Å². The van der Waals surface area contributed by atoms with Crippen molar-refractivity contribution in [3.05, 3.63) is 36.7 Å². The minimum absolute atomic E-state index is 0.0217. The van der Waals surface area contributed by atoms with Crippen LogP contribution in [0.15, 0.2) is 36.7 Å². The molecule has 2 aromatic rings. The number of amides is 1. The van der Waals surface area contributed by atoms with Gasteiger partial charge in [0, 0.05) is 30.2 Å². The number of hydrogen-bond acceptors (Lipinski definition) is 3. The van der Waals surface area contributed by atoms with E-state index >= 15 is 0 Å². The molecule has 1 heterocycles. The van der Waals surface area contributed by atoms with Crippen molar-refractivity contribution in [3.8, 4) is 11.4 Å². The lowest BCUT2D eigenvalue weighted by molar-refractivity contribution is -0.125. The van der Waals surface area contributed by atoms with Crippen molar-refractivity contribution >= 4 is 11.6 Å². The van der Waals surface area contributed by atoms with Crippen LogP contribution in [0, 0.1) is 5.41 Å². The Morgan fingerprint density at radius 1 is 1.38 bits per heavy atom. The molecule has 0 radical (unpaired) electrons. The van der Waals surface area contributed by atoms with Crippen molar-refractivity contribution in [2.24, 2.45) is 11.1 Å². The van der Waals surface area contributed by atoms with Crippen LogP contribution >= 0.6 is 0 Å². The lowest BCUT2D eigenvalue weighted by Gasteiger charge is -2.28. The van der Waals surface area contributed by atoms with Crippen LogP contribution in [-0.4, -0.2) is 22.4 Å². The summed E-state index contributed by atoms with van der Waals surface area (Å²) in [6.45, 7) is 4.34. The molecular weight excluding hydrogens is 264 g/mol. The van der Waals surface area contributed by atoms with Gasteiger partial charge in [0.1, 0.15) is 5.82 Å². The number of nitrogens with two attached hydrogens (primary N) is 1. The summed E-state index contributed by atoms with van der Waals surface area (Å²) in [4.78, 5) is 19.8. The maximum Gasteiger partial charge on any atom is 0.231 e. The Hall–Kier alpha value is -2.14. The molecule has 21 heavy (non-hydrogen) atoms. The van der Waals surface area contributed by atoms with E-state index in [9.17, 15) is 4.79 Å². The molecule has 0 saturated heterocycles. The van der Waals surface area contributed by atoms with Crippen LogP contribution in [0.2, 0.25) is 0 Å². The third kappa shape index (κ3) is 3.13. The van der Waals surface area contributed by atoms with E-state index in [0.29, 0.717) is 6.54 Å². The third-order valence-electron chi connectivity index (χ3n) is 4.12. The SMILES string of the molecule is CCC(CC)(CN)C(=O)Nc1cccc(-c2ncc[nH]2)c1. The van der Waals surface area contributed by atoms with Gasteiger partial charge < -0.3 is 16.0 Å². The number of nitrogens with one attached hydrogen (secondary N) is 2. The van der Waals surface area contributed by atoms with Gasteiger partial charge in [-0.15, -0.1) is 0 Å². The highest BCUT2D eigenvalue weighted by atomic mass is 16.2. The number of carbonyl (C=O) groups is 1. The van der Waals surface area contributed by atoms with Gasteiger partial charge >= 0.3 is 0 Å². The maximum atomic E-state index is 12.5. The molecule has 5 nitrogen and oxygen atoms in total. The van der Waals surface area contributed by atoms with Crippen LogP contribution in [0.1, 0.15) is 26.7 Å². The largest absolute Gasteiger partial charge is 0.345 e. The van der Waals surface area contributed by atoms with E-state index in [1.54, 1.807) is 12.4 Å². The van der Waals surface area contributed by atoms with E-state index in [-0.39, 0.29) is 5.91 Å². The third-order valence-corrected chi connectivity index (χ3v) is 4.12. The molecule has 112 valence electrons. The Bertz CT molecular complexity index is 580. The zero-order valence-electron chi connectivity index (χ0n) is 12.5. The normalized spacial score (nSPS) is 11.4. The quantitative estimate of drug-likeness (QED) is 0.763. The number of imidazole rings is 1. The topological polar surface area (TPSA) is 83.8 Å². The predicted molar refractivity (Wildman–Crippen MR) is 84.7 cm³/mol. The molecule has 0 atom stereocenters. The summed E-state index contributed by atoms with van der Waals surface area (Å²) in [7, 11) is 0. The summed E-state index contributed by atoms with van der Waals surface area (Å²) < 4.78 is 0. The fraction of sp³-hybridized carbons (Fsp3) is 0.375. The number of aromatic amines is 1. The molecule has 0 aliphatic carbocycles. The van der Waals surface area contributed by atoms with Gasteiger partial charge in [0.2, 0.25) is 5.91 Å². The number of hydrogen-bond donors (Lipinski definition) is 3. The van der Waals surface area contributed by atoms with E-state index in [1.165, 1.54) is 0 Å².